The molecule has 0 aromatic carbocycles. The van der Waals surface area contributed by atoms with Gasteiger partial charge in [-0.2, -0.15) is 18.2 Å². The Hall–Kier alpha value is -2.14. The fourth-order valence-corrected chi connectivity index (χ4v) is 3.06. The summed E-state index contributed by atoms with van der Waals surface area (Å²) in [4.78, 5) is 21.4. The monoisotopic (exact) mass is 403 g/mol. The molecule has 156 valence electrons. The van der Waals surface area contributed by atoms with Gasteiger partial charge in [-0.3, -0.25) is 4.79 Å². The van der Waals surface area contributed by atoms with E-state index in [1.807, 2.05) is 0 Å². The minimum atomic E-state index is -4.56. The molecule has 2 fully saturated rings. The number of nitrogens with one attached hydrogen (secondary N) is 2. The van der Waals surface area contributed by atoms with Crippen LogP contribution >= 0.6 is 0 Å². The molecular weight excluding hydrogens is 379 g/mol. The molecule has 1 aromatic heterocycles. The van der Waals surface area contributed by atoms with E-state index in [-0.39, 0.29) is 30.3 Å². The van der Waals surface area contributed by atoms with E-state index in [1.165, 1.54) is 0 Å². The molecule has 1 atom stereocenters. The normalized spacial score (nSPS) is 20.9. The number of nitrogens with zero attached hydrogens (tertiary/aromatic N) is 3. The van der Waals surface area contributed by atoms with Crippen molar-refractivity contribution in [2.45, 2.75) is 31.5 Å². The maximum Gasteiger partial charge on any atom is 0.421 e. The molecule has 11 heteroatoms. The summed E-state index contributed by atoms with van der Waals surface area (Å²) in [6, 6.07) is -0.0131. The van der Waals surface area contributed by atoms with Gasteiger partial charge in [0.25, 0.3) is 0 Å². The van der Waals surface area contributed by atoms with Gasteiger partial charge in [0, 0.05) is 32.4 Å². The van der Waals surface area contributed by atoms with Gasteiger partial charge in [0.2, 0.25) is 11.9 Å². The number of rotatable bonds is 7. The van der Waals surface area contributed by atoms with Crippen LogP contribution in [0.15, 0.2) is 6.20 Å². The number of halogens is 3. The van der Waals surface area contributed by atoms with Gasteiger partial charge in [-0.15, -0.1) is 0 Å². The fourth-order valence-electron chi connectivity index (χ4n) is 3.06. The van der Waals surface area contributed by atoms with Crippen LogP contribution in [0.5, 0.6) is 0 Å². The third-order valence-corrected chi connectivity index (χ3v) is 4.57. The summed E-state index contributed by atoms with van der Waals surface area (Å²) in [6.07, 6.45) is -2.21. The highest BCUT2D eigenvalue weighted by Crippen LogP contribution is 2.33. The number of carbonyl (C=O) groups is 1. The van der Waals surface area contributed by atoms with E-state index in [2.05, 4.69) is 20.6 Å². The second-order valence-electron chi connectivity index (χ2n) is 6.68. The van der Waals surface area contributed by atoms with Crippen molar-refractivity contribution in [2.75, 3.05) is 56.7 Å². The lowest BCUT2D eigenvalue weighted by Crippen LogP contribution is -2.33. The molecule has 0 radical (unpaired) electrons. The first-order valence-electron chi connectivity index (χ1n) is 9.31. The SMILES string of the molecule is O=C1CCOCCN1CCCNc1nc(N[C@H]2CCOC2)ncc1C(F)(F)F. The molecule has 8 nitrogen and oxygen atoms in total. The lowest BCUT2D eigenvalue weighted by molar-refractivity contribution is -0.137. The summed E-state index contributed by atoms with van der Waals surface area (Å²) in [7, 11) is 0. The quantitative estimate of drug-likeness (QED) is 0.671. The Morgan fingerprint density at radius 2 is 2.11 bits per heavy atom. The van der Waals surface area contributed by atoms with Crippen molar-refractivity contribution in [1.82, 2.24) is 14.9 Å². The molecule has 3 rings (SSSR count). The second-order valence-corrected chi connectivity index (χ2v) is 6.68. The Morgan fingerprint density at radius 3 is 2.86 bits per heavy atom. The largest absolute Gasteiger partial charge is 0.421 e. The zero-order valence-electron chi connectivity index (χ0n) is 15.4. The first kappa shape index (κ1) is 20.6. The lowest BCUT2D eigenvalue weighted by Gasteiger charge is -2.20. The smallest absolute Gasteiger partial charge is 0.379 e. The molecule has 3 heterocycles. The van der Waals surface area contributed by atoms with Gasteiger partial charge in [-0.1, -0.05) is 0 Å². The van der Waals surface area contributed by atoms with Crippen molar-refractivity contribution in [3.8, 4) is 0 Å². The van der Waals surface area contributed by atoms with E-state index in [1.54, 1.807) is 4.90 Å². The first-order chi connectivity index (χ1) is 13.4. The molecule has 0 aliphatic carbocycles. The van der Waals surface area contributed by atoms with Crippen LogP contribution in [0.25, 0.3) is 0 Å². The van der Waals surface area contributed by atoms with Crippen molar-refractivity contribution in [3.05, 3.63) is 11.8 Å². The van der Waals surface area contributed by atoms with E-state index < -0.39 is 11.7 Å². The summed E-state index contributed by atoms with van der Waals surface area (Å²) in [6.45, 7) is 3.15. The molecule has 2 aliphatic rings. The van der Waals surface area contributed by atoms with Gasteiger partial charge in [0.05, 0.1) is 32.3 Å². The molecule has 0 spiro atoms. The van der Waals surface area contributed by atoms with E-state index >= 15 is 0 Å². The summed E-state index contributed by atoms with van der Waals surface area (Å²) < 4.78 is 50.3. The van der Waals surface area contributed by atoms with E-state index in [4.69, 9.17) is 9.47 Å². The van der Waals surface area contributed by atoms with Crippen LogP contribution in [-0.4, -0.2) is 72.9 Å². The highest BCUT2D eigenvalue weighted by Gasteiger charge is 2.35. The minimum Gasteiger partial charge on any atom is -0.379 e. The zero-order chi connectivity index (χ0) is 20.0. The number of ether oxygens (including phenoxy) is 2. The Morgan fingerprint density at radius 1 is 1.25 bits per heavy atom. The number of alkyl halides is 3. The van der Waals surface area contributed by atoms with Gasteiger partial charge in [0.15, 0.2) is 0 Å². The fraction of sp³-hybridized carbons (Fsp3) is 0.706. The molecule has 2 saturated heterocycles. The van der Waals surface area contributed by atoms with Gasteiger partial charge in [-0.25, -0.2) is 4.98 Å². The average molecular weight is 403 g/mol. The summed E-state index contributed by atoms with van der Waals surface area (Å²) in [5.41, 5.74) is -0.917. The van der Waals surface area contributed by atoms with Crippen LogP contribution in [0.3, 0.4) is 0 Å². The maximum atomic E-state index is 13.3. The topological polar surface area (TPSA) is 88.6 Å². The predicted molar refractivity (Wildman–Crippen MR) is 95.0 cm³/mol. The number of carbonyl (C=O) groups excluding carboxylic acids is 1. The third-order valence-electron chi connectivity index (χ3n) is 4.57. The molecule has 28 heavy (non-hydrogen) atoms. The number of hydrogen-bond acceptors (Lipinski definition) is 7. The van der Waals surface area contributed by atoms with Crippen molar-refractivity contribution in [3.63, 3.8) is 0 Å². The number of aromatic nitrogens is 2. The van der Waals surface area contributed by atoms with Gasteiger partial charge < -0.3 is 25.0 Å². The molecule has 2 N–H and O–H groups in total. The number of amides is 1. The van der Waals surface area contributed by atoms with E-state index in [0.29, 0.717) is 52.4 Å². The molecule has 1 aromatic rings. The van der Waals surface area contributed by atoms with Crippen molar-refractivity contribution >= 4 is 17.7 Å². The lowest BCUT2D eigenvalue weighted by atomic mass is 10.2. The van der Waals surface area contributed by atoms with Crippen LogP contribution in [0.1, 0.15) is 24.8 Å². The van der Waals surface area contributed by atoms with Crippen molar-refractivity contribution in [1.29, 1.82) is 0 Å². The predicted octanol–water partition coefficient (Wildman–Crippen LogP) is 1.75. The van der Waals surface area contributed by atoms with E-state index in [9.17, 15) is 18.0 Å². The van der Waals surface area contributed by atoms with Crippen molar-refractivity contribution in [2.24, 2.45) is 0 Å². The molecule has 0 bridgehead atoms. The van der Waals surface area contributed by atoms with Crippen LogP contribution in [0.2, 0.25) is 0 Å². The highest BCUT2D eigenvalue weighted by atomic mass is 19.4. The highest BCUT2D eigenvalue weighted by molar-refractivity contribution is 5.76. The van der Waals surface area contributed by atoms with Gasteiger partial charge >= 0.3 is 6.18 Å². The Kier molecular flexibility index (Phi) is 6.89. The number of hydrogen-bond donors (Lipinski definition) is 2. The van der Waals surface area contributed by atoms with Gasteiger partial charge in [-0.05, 0) is 12.8 Å². The Balaban J connectivity index is 1.59. The standard InChI is InChI=1S/C17H24F3N5O3/c18-17(19,20)13-10-22-16(23-12-2-7-28-11-12)24-15(13)21-4-1-5-25-6-9-27-8-3-14(25)26/h10,12H,1-9,11H2,(H2,21,22,23,24)/t12-/m0/s1. The number of anilines is 2. The average Bonchev–Trinajstić information content (AvgIpc) is 3.06. The zero-order valence-corrected chi connectivity index (χ0v) is 15.4. The molecule has 2 aliphatic heterocycles. The summed E-state index contributed by atoms with van der Waals surface area (Å²) in [5, 5.41) is 5.74. The van der Waals surface area contributed by atoms with Crippen LogP contribution in [0, 0.1) is 0 Å². The molecular formula is C17H24F3N5O3. The molecule has 0 unspecified atom stereocenters. The summed E-state index contributed by atoms with van der Waals surface area (Å²) >= 11 is 0. The van der Waals surface area contributed by atoms with E-state index in [0.717, 1.165) is 12.6 Å². The van der Waals surface area contributed by atoms with Crippen LogP contribution in [-0.2, 0) is 20.4 Å². The molecule has 1 amide bonds. The van der Waals surface area contributed by atoms with Crippen LogP contribution in [0.4, 0.5) is 24.9 Å². The van der Waals surface area contributed by atoms with Crippen LogP contribution < -0.4 is 10.6 Å². The minimum absolute atomic E-state index is 0.000727. The van der Waals surface area contributed by atoms with Gasteiger partial charge in [0.1, 0.15) is 11.4 Å². The maximum absolute atomic E-state index is 13.3. The Bertz CT molecular complexity index is 668. The first-order valence-corrected chi connectivity index (χ1v) is 9.31. The Labute approximate surface area is 160 Å². The third kappa shape index (κ3) is 5.68. The summed E-state index contributed by atoms with van der Waals surface area (Å²) in [5.74, 6) is -0.138. The second kappa shape index (κ2) is 9.37. The molecule has 0 saturated carbocycles. The van der Waals surface area contributed by atoms with Crippen molar-refractivity contribution < 1.29 is 27.4 Å².